The van der Waals surface area contributed by atoms with E-state index in [1.807, 2.05) is 12.1 Å². The minimum absolute atomic E-state index is 0.125. The van der Waals surface area contributed by atoms with Crippen LogP contribution in [0.1, 0.15) is 36.0 Å². The number of furan rings is 1. The number of aliphatic hydroxyl groups is 1. The molecule has 0 aliphatic carbocycles. The molecule has 22 heavy (non-hydrogen) atoms. The Morgan fingerprint density at radius 1 is 1.09 bits per heavy atom. The minimum atomic E-state index is 0.125. The second-order valence-electron chi connectivity index (χ2n) is 6.29. The van der Waals surface area contributed by atoms with Crippen LogP contribution in [0.15, 0.2) is 40.8 Å². The number of nitrogens with zero attached hydrogens (tertiary/aromatic N) is 1. The van der Waals surface area contributed by atoms with Crippen molar-refractivity contribution in [3.05, 3.63) is 59.0 Å². The van der Waals surface area contributed by atoms with Crippen molar-refractivity contribution < 1.29 is 9.52 Å². The van der Waals surface area contributed by atoms with Crippen molar-refractivity contribution in [2.24, 2.45) is 5.92 Å². The van der Waals surface area contributed by atoms with Crippen LogP contribution in [0.4, 0.5) is 0 Å². The van der Waals surface area contributed by atoms with Crippen LogP contribution in [0.3, 0.4) is 0 Å². The van der Waals surface area contributed by atoms with Gasteiger partial charge < -0.3 is 9.52 Å². The van der Waals surface area contributed by atoms with Crippen molar-refractivity contribution in [2.45, 2.75) is 39.3 Å². The Morgan fingerprint density at radius 2 is 1.82 bits per heavy atom. The van der Waals surface area contributed by atoms with Crippen LogP contribution < -0.4 is 0 Å². The van der Waals surface area contributed by atoms with Gasteiger partial charge in [0.25, 0.3) is 0 Å². The molecule has 1 N–H and O–H groups in total. The van der Waals surface area contributed by atoms with E-state index in [1.165, 1.54) is 12.0 Å². The molecule has 3 rings (SSSR count). The zero-order chi connectivity index (χ0) is 15.4. The molecule has 1 fully saturated rings. The molecule has 1 aliphatic heterocycles. The first-order valence-corrected chi connectivity index (χ1v) is 8.25. The van der Waals surface area contributed by atoms with E-state index in [1.54, 1.807) is 0 Å². The van der Waals surface area contributed by atoms with Gasteiger partial charge in [-0.25, -0.2) is 0 Å². The zero-order valence-electron chi connectivity index (χ0n) is 13.3. The third-order valence-corrected chi connectivity index (χ3v) is 4.55. The van der Waals surface area contributed by atoms with Gasteiger partial charge in [-0.15, -0.1) is 0 Å². The highest BCUT2D eigenvalue weighted by molar-refractivity contribution is 5.22. The zero-order valence-corrected chi connectivity index (χ0v) is 13.3. The molecule has 1 aromatic heterocycles. The molecule has 0 saturated carbocycles. The molecule has 0 amide bonds. The Morgan fingerprint density at radius 3 is 2.50 bits per heavy atom. The van der Waals surface area contributed by atoms with Gasteiger partial charge in [-0.1, -0.05) is 31.2 Å². The molecule has 0 bridgehead atoms. The van der Waals surface area contributed by atoms with Gasteiger partial charge in [0.05, 0.1) is 13.2 Å². The fourth-order valence-electron chi connectivity index (χ4n) is 3.25. The molecule has 2 heterocycles. The van der Waals surface area contributed by atoms with Crippen molar-refractivity contribution >= 4 is 0 Å². The number of aliphatic hydroxyl groups excluding tert-OH is 1. The van der Waals surface area contributed by atoms with Crippen LogP contribution in [0, 0.1) is 5.92 Å². The summed E-state index contributed by atoms with van der Waals surface area (Å²) in [7, 11) is 0. The monoisotopic (exact) mass is 299 g/mol. The molecule has 0 unspecified atom stereocenters. The average Bonchev–Trinajstić information content (AvgIpc) is 3.18. The Hall–Kier alpha value is -1.58. The fraction of sp³-hybridized carbons (Fsp3) is 0.474. The number of hydrogen-bond acceptors (Lipinski definition) is 3. The van der Waals surface area contributed by atoms with Crippen molar-refractivity contribution in [1.82, 2.24) is 4.90 Å². The summed E-state index contributed by atoms with van der Waals surface area (Å²) in [5.41, 5.74) is 2.36. The van der Waals surface area contributed by atoms with Gasteiger partial charge in [0.1, 0.15) is 11.5 Å². The summed E-state index contributed by atoms with van der Waals surface area (Å²) >= 11 is 0. The maximum absolute atomic E-state index is 9.09. The molecule has 3 heteroatoms. The third-order valence-electron chi connectivity index (χ3n) is 4.55. The van der Waals surface area contributed by atoms with Gasteiger partial charge in [0, 0.05) is 13.0 Å². The highest BCUT2D eigenvalue weighted by Crippen LogP contribution is 2.23. The van der Waals surface area contributed by atoms with Gasteiger partial charge in [-0.3, -0.25) is 4.90 Å². The SMILES string of the molecule is CCc1ccc(CN2CC[C@H](Cc3ccc(CO)cc3)C2)o1. The highest BCUT2D eigenvalue weighted by Gasteiger charge is 2.23. The van der Waals surface area contributed by atoms with E-state index < -0.39 is 0 Å². The predicted molar refractivity (Wildman–Crippen MR) is 87.5 cm³/mol. The topological polar surface area (TPSA) is 36.6 Å². The Kier molecular flexibility index (Phi) is 4.96. The van der Waals surface area contributed by atoms with E-state index in [-0.39, 0.29) is 6.61 Å². The molecule has 1 atom stereocenters. The number of aryl methyl sites for hydroxylation is 1. The fourth-order valence-corrected chi connectivity index (χ4v) is 3.25. The van der Waals surface area contributed by atoms with Crippen LogP contribution >= 0.6 is 0 Å². The number of hydrogen-bond donors (Lipinski definition) is 1. The summed E-state index contributed by atoms with van der Waals surface area (Å²) < 4.78 is 5.81. The van der Waals surface area contributed by atoms with E-state index in [0.29, 0.717) is 0 Å². The normalized spacial score (nSPS) is 18.9. The lowest BCUT2D eigenvalue weighted by Gasteiger charge is -2.14. The molecule has 3 nitrogen and oxygen atoms in total. The number of rotatable bonds is 6. The second-order valence-corrected chi connectivity index (χ2v) is 6.29. The van der Waals surface area contributed by atoms with Gasteiger partial charge in [-0.2, -0.15) is 0 Å². The van der Waals surface area contributed by atoms with Crippen LogP contribution in [0.5, 0.6) is 0 Å². The predicted octanol–water partition coefficient (Wildman–Crippen LogP) is 3.40. The summed E-state index contributed by atoms with van der Waals surface area (Å²) in [5.74, 6) is 2.89. The second kappa shape index (κ2) is 7.12. The van der Waals surface area contributed by atoms with Crippen LogP contribution in [-0.2, 0) is 26.0 Å². The van der Waals surface area contributed by atoms with E-state index in [0.717, 1.165) is 55.5 Å². The summed E-state index contributed by atoms with van der Waals surface area (Å²) in [4.78, 5) is 2.49. The van der Waals surface area contributed by atoms with Crippen molar-refractivity contribution in [3.63, 3.8) is 0 Å². The summed E-state index contributed by atoms with van der Waals surface area (Å²) in [6, 6.07) is 12.5. The van der Waals surface area contributed by atoms with E-state index in [9.17, 15) is 0 Å². The van der Waals surface area contributed by atoms with E-state index in [4.69, 9.17) is 9.52 Å². The average molecular weight is 299 g/mol. The minimum Gasteiger partial charge on any atom is -0.465 e. The van der Waals surface area contributed by atoms with E-state index >= 15 is 0 Å². The lowest BCUT2D eigenvalue weighted by molar-refractivity contribution is 0.281. The molecule has 0 radical (unpaired) electrons. The molecule has 1 aliphatic rings. The maximum Gasteiger partial charge on any atom is 0.118 e. The molecule has 118 valence electrons. The van der Waals surface area contributed by atoms with Gasteiger partial charge in [-0.05, 0) is 48.6 Å². The third kappa shape index (κ3) is 3.79. The summed E-state index contributed by atoms with van der Waals surface area (Å²) in [5, 5.41) is 9.09. The van der Waals surface area contributed by atoms with Gasteiger partial charge in [0.2, 0.25) is 0 Å². The molecule has 2 aromatic rings. The van der Waals surface area contributed by atoms with Crippen molar-refractivity contribution in [2.75, 3.05) is 13.1 Å². The molecule has 1 saturated heterocycles. The summed E-state index contributed by atoms with van der Waals surface area (Å²) in [6.45, 7) is 5.47. The Balaban J connectivity index is 1.51. The maximum atomic E-state index is 9.09. The standard InChI is InChI=1S/C19H25NO2/c1-2-18-7-8-19(22-18)13-20-10-9-17(12-20)11-15-3-5-16(14-21)6-4-15/h3-8,17,21H,2,9-14H2,1H3/t17-/m1/s1. The number of benzene rings is 1. The Labute approximate surface area is 132 Å². The van der Waals surface area contributed by atoms with E-state index in [2.05, 4.69) is 36.1 Å². The lowest BCUT2D eigenvalue weighted by Crippen LogP contribution is -2.20. The Bertz CT molecular complexity index is 588. The van der Waals surface area contributed by atoms with Crippen molar-refractivity contribution in [3.8, 4) is 0 Å². The van der Waals surface area contributed by atoms with Crippen LogP contribution in [0.25, 0.3) is 0 Å². The van der Waals surface area contributed by atoms with Crippen LogP contribution in [0.2, 0.25) is 0 Å². The first-order chi connectivity index (χ1) is 10.8. The first-order valence-electron chi connectivity index (χ1n) is 8.25. The highest BCUT2D eigenvalue weighted by atomic mass is 16.3. The van der Waals surface area contributed by atoms with Gasteiger partial charge in [0.15, 0.2) is 0 Å². The largest absolute Gasteiger partial charge is 0.465 e. The van der Waals surface area contributed by atoms with Crippen molar-refractivity contribution in [1.29, 1.82) is 0 Å². The smallest absolute Gasteiger partial charge is 0.118 e. The number of likely N-dealkylation sites (tertiary alicyclic amines) is 1. The van der Waals surface area contributed by atoms with Gasteiger partial charge >= 0.3 is 0 Å². The summed E-state index contributed by atoms with van der Waals surface area (Å²) in [6.07, 6.45) is 3.34. The quantitative estimate of drug-likeness (QED) is 0.888. The molecule has 0 spiro atoms. The molecular weight excluding hydrogens is 274 g/mol. The molecular formula is C19H25NO2. The van der Waals surface area contributed by atoms with Crippen LogP contribution in [-0.4, -0.2) is 23.1 Å². The molecule has 1 aromatic carbocycles. The first kappa shape index (κ1) is 15.3. The lowest BCUT2D eigenvalue weighted by atomic mass is 9.98.